The molecule has 2 saturated heterocycles. The Morgan fingerprint density at radius 2 is 1.89 bits per heavy atom. The second kappa shape index (κ2) is 8.59. The van der Waals surface area contributed by atoms with E-state index in [2.05, 4.69) is 52.5 Å². The van der Waals surface area contributed by atoms with Crippen LogP contribution in [0.1, 0.15) is 31.9 Å². The van der Waals surface area contributed by atoms with Crippen LogP contribution in [0, 0.1) is 5.92 Å². The van der Waals surface area contributed by atoms with Crippen LogP contribution in [-0.4, -0.2) is 84.3 Å². The Morgan fingerprint density at radius 1 is 1.19 bits per heavy atom. The minimum absolute atomic E-state index is 0.00603. The lowest BCUT2D eigenvalue weighted by atomic mass is 9.85. The van der Waals surface area contributed by atoms with Gasteiger partial charge in [0.05, 0.1) is 5.60 Å². The van der Waals surface area contributed by atoms with Gasteiger partial charge in [-0.2, -0.15) is 0 Å². The molecule has 2 aliphatic rings. The molecular formula is C21H34N4O2. The molecule has 6 nitrogen and oxygen atoms in total. The van der Waals surface area contributed by atoms with Crippen molar-refractivity contribution >= 4 is 6.03 Å². The molecule has 0 saturated carbocycles. The number of hydrogen-bond acceptors (Lipinski definition) is 4. The van der Waals surface area contributed by atoms with Gasteiger partial charge in [-0.1, -0.05) is 30.3 Å². The Bertz CT molecular complexity index is 610. The molecule has 0 radical (unpaired) electrons. The van der Waals surface area contributed by atoms with E-state index in [0.29, 0.717) is 25.7 Å². The molecule has 1 atom stereocenters. The molecule has 0 bridgehead atoms. The van der Waals surface area contributed by atoms with Crippen molar-refractivity contribution < 1.29 is 9.90 Å². The number of amides is 2. The standard InChI is InChI=1S/C21H34N4O2/c1-21(2,27)18-14-25(15-18)20(26)22-10-7-11-24-13-12-23(3)16-19(24)17-8-5-4-6-9-17/h4-6,8-9,18-19,27H,7,10-16H2,1-3H3,(H,22,26). The van der Waals surface area contributed by atoms with Crippen LogP contribution in [0.2, 0.25) is 0 Å². The zero-order chi connectivity index (χ0) is 19.4. The third kappa shape index (κ3) is 5.21. The van der Waals surface area contributed by atoms with E-state index in [4.69, 9.17) is 0 Å². The topological polar surface area (TPSA) is 59.0 Å². The maximum atomic E-state index is 12.2. The normalized spacial score (nSPS) is 22.5. The third-order valence-corrected chi connectivity index (χ3v) is 5.94. The number of nitrogens with one attached hydrogen (secondary N) is 1. The molecule has 0 spiro atoms. The summed E-state index contributed by atoms with van der Waals surface area (Å²) in [6.45, 7) is 9.77. The Balaban J connectivity index is 1.41. The van der Waals surface area contributed by atoms with Crippen molar-refractivity contribution in [1.29, 1.82) is 0 Å². The molecule has 2 aliphatic heterocycles. The number of likely N-dealkylation sites (tertiary alicyclic amines) is 1. The van der Waals surface area contributed by atoms with E-state index in [-0.39, 0.29) is 11.9 Å². The third-order valence-electron chi connectivity index (χ3n) is 5.94. The first-order valence-corrected chi connectivity index (χ1v) is 10.1. The second-order valence-electron chi connectivity index (χ2n) is 8.57. The molecule has 2 heterocycles. The van der Waals surface area contributed by atoms with Crippen molar-refractivity contribution in [3.63, 3.8) is 0 Å². The Labute approximate surface area is 163 Å². The summed E-state index contributed by atoms with van der Waals surface area (Å²) in [5, 5.41) is 13.0. The van der Waals surface area contributed by atoms with Crippen LogP contribution in [0.4, 0.5) is 4.79 Å². The highest BCUT2D eigenvalue weighted by molar-refractivity contribution is 5.75. The first-order chi connectivity index (χ1) is 12.8. The fourth-order valence-electron chi connectivity index (χ4n) is 3.90. The van der Waals surface area contributed by atoms with Gasteiger partial charge in [-0.15, -0.1) is 0 Å². The van der Waals surface area contributed by atoms with E-state index >= 15 is 0 Å². The minimum Gasteiger partial charge on any atom is -0.390 e. The summed E-state index contributed by atoms with van der Waals surface area (Å²) in [6.07, 6.45) is 0.946. The average Bonchev–Trinajstić information content (AvgIpc) is 2.58. The molecule has 150 valence electrons. The molecule has 1 aromatic rings. The van der Waals surface area contributed by atoms with Crippen LogP contribution in [0.25, 0.3) is 0 Å². The number of benzene rings is 1. The molecule has 2 fully saturated rings. The molecule has 0 aromatic heterocycles. The summed E-state index contributed by atoms with van der Waals surface area (Å²) in [6, 6.07) is 11.1. The Hall–Kier alpha value is -1.63. The molecule has 6 heteroatoms. The second-order valence-corrected chi connectivity index (χ2v) is 8.57. The zero-order valence-corrected chi connectivity index (χ0v) is 16.9. The number of hydrogen-bond donors (Lipinski definition) is 2. The summed E-state index contributed by atoms with van der Waals surface area (Å²) in [7, 11) is 2.18. The Morgan fingerprint density at radius 3 is 2.56 bits per heavy atom. The van der Waals surface area contributed by atoms with E-state index in [1.165, 1.54) is 5.56 Å². The number of carbonyl (C=O) groups is 1. The van der Waals surface area contributed by atoms with Crippen LogP contribution in [-0.2, 0) is 0 Å². The lowest BCUT2D eigenvalue weighted by molar-refractivity contribution is -0.0457. The van der Waals surface area contributed by atoms with Gasteiger partial charge in [0, 0.05) is 57.8 Å². The zero-order valence-electron chi connectivity index (χ0n) is 16.9. The van der Waals surface area contributed by atoms with E-state index in [9.17, 15) is 9.90 Å². The number of urea groups is 1. The van der Waals surface area contributed by atoms with Crippen molar-refractivity contribution in [2.75, 3.05) is 52.9 Å². The first-order valence-electron chi connectivity index (χ1n) is 10.1. The van der Waals surface area contributed by atoms with Gasteiger partial charge in [0.15, 0.2) is 0 Å². The number of likely N-dealkylation sites (N-methyl/N-ethyl adjacent to an activating group) is 1. The number of aliphatic hydroxyl groups is 1. The molecule has 3 rings (SSSR count). The van der Waals surface area contributed by atoms with Crippen molar-refractivity contribution in [1.82, 2.24) is 20.0 Å². The number of nitrogens with zero attached hydrogens (tertiary/aromatic N) is 3. The van der Waals surface area contributed by atoms with Gasteiger partial charge in [0.2, 0.25) is 0 Å². The van der Waals surface area contributed by atoms with Crippen LogP contribution in [0.3, 0.4) is 0 Å². The smallest absolute Gasteiger partial charge is 0.317 e. The summed E-state index contributed by atoms with van der Waals surface area (Å²) in [5.41, 5.74) is 0.663. The van der Waals surface area contributed by atoms with Crippen LogP contribution in [0.5, 0.6) is 0 Å². The molecule has 1 aromatic carbocycles. The molecule has 2 amide bonds. The van der Waals surface area contributed by atoms with E-state index in [1.807, 2.05) is 13.8 Å². The predicted octanol–water partition coefficient (Wildman–Crippen LogP) is 1.78. The predicted molar refractivity (Wildman–Crippen MR) is 108 cm³/mol. The van der Waals surface area contributed by atoms with Crippen LogP contribution in [0.15, 0.2) is 30.3 Å². The SMILES string of the molecule is CN1CCN(CCCNC(=O)N2CC(C(C)(C)O)C2)C(c2ccccc2)C1. The van der Waals surface area contributed by atoms with E-state index in [1.54, 1.807) is 4.90 Å². The lowest BCUT2D eigenvalue weighted by Gasteiger charge is -2.45. The number of piperazine rings is 1. The van der Waals surface area contributed by atoms with Gasteiger partial charge < -0.3 is 20.2 Å². The Kier molecular flexibility index (Phi) is 6.40. The van der Waals surface area contributed by atoms with Crippen LogP contribution < -0.4 is 5.32 Å². The highest BCUT2D eigenvalue weighted by Gasteiger charge is 2.39. The van der Waals surface area contributed by atoms with Gasteiger partial charge in [-0.05, 0) is 32.9 Å². The number of rotatable bonds is 6. The molecular weight excluding hydrogens is 340 g/mol. The van der Waals surface area contributed by atoms with Gasteiger partial charge in [0.25, 0.3) is 0 Å². The van der Waals surface area contributed by atoms with Gasteiger partial charge in [-0.3, -0.25) is 4.90 Å². The maximum Gasteiger partial charge on any atom is 0.317 e. The van der Waals surface area contributed by atoms with Crippen molar-refractivity contribution in [3.8, 4) is 0 Å². The molecule has 27 heavy (non-hydrogen) atoms. The fraction of sp³-hybridized carbons (Fsp3) is 0.667. The highest BCUT2D eigenvalue weighted by atomic mass is 16.3. The summed E-state index contributed by atoms with van der Waals surface area (Å²) < 4.78 is 0. The lowest BCUT2D eigenvalue weighted by Crippen LogP contribution is -2.60. The molecule has 2 N–H and O–H groups in total. The van der Waals surface area contributed by atoms with Gasteiger partial charge in [-0.25, -0.2) is 4.79 Å². The first kappa shape index (κ1) is 20.1. The van der Waals surface area contributed by atoms with Crippen LogP contribution >= 0.6 is 0 Å². The van der Waals surface area contributed by atoms with Crippen molar-refractivity contribution in [2.45, 2.75) is 31.9 Å². The molecule has 0 aliphatic carbocycles. The van der Waals surface area contributed by atoms with E-state index < -0.39 is 5.60 Å². The quantitative estimate of drug-likeness (QED) is 0.745. The summed E-state index contributed by atoms with van der Waals surface area (Å²) in [5.74, 6) is 0.181. The fourth-order valence-corrected chi connectivity index (χ4v) is 3.90. The van der Waals surface area contributed by atoms with Gasteiger partial charge >= 0.3 is 6.03 Å². The largest absolute Gasteiger partial charge is 0.390 e. The summed E-state index contributed by atoms with van der Waals surface area (Å²) in [4.78, 5) is 18.9. The average molecular weight is 375 g/mol. The maximum absolute atomic E-state index is 12.2. The number of carbonyl (C=O) groups excluding carboxylic acids is 1. The van der Waals surface area contributed by atoms with E-state index in [0.717, 1.165) is 32.6 Å². The highest BCUT2D eigenvalue weighted by Crippen LogP contribution is 2.27. The van der Waals surface area contributed by atoms with Gasteiger partial charge in [0.1, 0.15) is 0 Å². The molecule has 1 unspecified atom stereocenters. The van der Waals surface area contributed by atoms with Crippen molar-refractivity contribution in [3.05, 3.63) is 35.9 Å². The van der Waals surface area contributed by atoms with Crippen molar-refractivity contribution in [2.24, 2.45) is 5.92 Å². The minimum atomic E-state index is -0.704. The monoisotopic (exact) mass is 374 g/mol. The summed E-state index contributed by atoms with van der Waals surface area (Å²) >= 11 is 0.